The van der Waals surface area contributed by atoms with E-state index < -0.39 is 17.3 Å². The van der Waals surface area contributed by atoms with Crippen molar-refractivity contribution in [1.29, 1.82) is 5.26 Å². The molecular formula is C9H7FN2O2. The van der Waals surface area contributed by atoms with Gasteiger partial charge in [0.1, 0.15) is 17.4 Å². The molecule has 0 aliphatic rings. The van der Waals surface area contributed by atoms with E-state index in [-0.39, 0.29) is 12.3 Å². The Hall–Kier alpha value is -1.96. The van der Waals surface area contributed by atoms with Crippen molar-refractivity contribution in [3.8, 4) is 6.07 Å². The lowest BCUT2D eigenvalue weighted by Gasteiger charge is -2.03. The monoisotopic (exact) mass is 194 g/mol. The van der Waals surface area contributed by atoms with Crippen molar-refractivity contribution in [3.63, 3.8) is 0 Å². The molecule has 0 radical (unpaired) electrons. The van der Waals surface area contributed by atoms with E-state index in [0.29, 0.717) is 0 Å². The molecule has 1 aromatic rings. The molecule has 0 spiro atoms. The Morgan fingerprint density at radius 1 is 1.79 bits per heavy atom. The van der Waals surface area contributed by atoms with Gasteiger partial charge in [-0.25, -0.2) is 14.2 Å². The van der Waals surface area contributed by atoms with Crippen LogP contribution in [-0.2, 0) is 4.74 Å². The van der Waals surface area contributed by atoms with Crippen molar-refractivity contribution in [3.05, 3.63) is 29.3 Å². The standard InChI is InChI=1S/C9H7FN2O2/c1-2-14-9(13)8-6(10)3-4-12-7(8)5-11/h3-4H,2H2,1H3. The zero-order valence-corrected chi connectivity index (χ0v) is 7.45. The van der Waals surface area contributed by atoms with Crippen LogP contribution in [-0.4, -0.2) is 17.6 Å². The predicted molar refractivity (Wildman–Crippen MR) is 44.9 cm³/mol. The molecule has 72 valence electrons. The molecule has 4 nitrogen and oxygen atoms in total. The average molecular weight is 194 g/mol. The van der Waals surface area contributed by atoms with Crippen LogP contribution < -0.4 is 0 Å². The van der Waals surface area contributed by atoms with Gasteiger partial charge in [-0.2, -0.15) is 5.26 Å². The Morgan fingerprint density at radius 3 is 3.07 bits per heavy atom. The maximum atomic E-state index is 13.1. The number of hydrogen-bond acceptors (Lipinski definition) is 4. The van der Waals surface area contributed by atoms with E-state index in [1.54, 1.807) is 13.0 Å². The SMILES string of the molecule is CCOC(=O)c1c(F)ccnc1C#N. The molecule has 5 heteroatoms. The van der Waals surface area contributed by atoms with E-state index >= 15 is 0 Å². The van der Waals surface area contributed by atoms with Crippen LogP contribution in [0.1, 0.15) is 23.0 Å². The van der Waals surface area contributed by atoms with Gasteiger partial charge in [0.25, 0.3) is 0 Å². The number of hydrogen-bond donors (Lipinski definition) is 0. The molecule has 0 aromatic carbocycles. The van der Waals surface area contributed by atoms with Gasteiger partial charge < -0.3 is 4.74 Å². The Morgan fingerprint density at radius 2 is 2.50 bits per heavy atom. The lowest BCUT2D eigenvalue weighted by Crippen LogP contribution is -2.10. The molecule has 0 unspecified atom stereocenters. The maximum Gasteiger partial charge on any atom is 0.344 e. The zero-order chi connectivity index (χ0) is 10.6. The fraction of sp³-hybridized carbons (Fsp3) is 0.222. The molecule has 0 N–H and O–H groups in total. The third-order valence-electron chi connectivity index (χ3n) is 1.49. The number of halogens is 1. The summed E-state index contributed by atoms with van der Waals surface area (Å²) in [6.07, 6.45) is 1.12. The fourth-order valence-electron chi connectivity index (χ4n) is 0.920. The molecule has 0 saturated carbocycles. The van der Waals surface area contributed by atoms with Gasteiger partial charge >= 0.3 is 5.97 Å². The molecule has 0 amide bonds. The molecule has 1 heterocycles. The second-order valence-electron chi connectivity index (χ2n) is 2.35. The van der Waals surface area contributed by atoms with E-state index in [0.717, 1.165) is 12.3 Å². The van der Waals surface area contributed by atoms with Crippen molar-refractivity contribution in [1.82, 2.24) is 4.98 Å². The first-order valence-corrected chi connectivity index (χ1v) is 3.92. The number of aromatic nitrogens is 1. The van der Waals surface area contributed by atoms with Crippen molar-refractivity contribution in [2.75, 3.05) is 6.61 Å². The highest BCUT2D eigenvalue weighted by Crippen LogP contribution is 2.11. The van der Waals surface area contributed by atoms with Gasteiger partial charge in [0.2, 0.25) is 0 Å². The summed E-state index contributed by atoms with van der Waals surface area (Å²) in [6.45, 7) is 1.72. The van der Waals surface area contributed by atoms with Gasteiger partial charge in [-0.1, -0.05) is 0 Å². The first kappa shape index (κ1) is 10.1. The summed E-state index contributed by atoms with van der Waals surface area (Å²) in [5.74, 6) is -1.66. The first-order chi connectivity index (χ1) is 6.70. The number of nitrogens with zero attached hydrogens (tertiary/aromatic N) is 2. The van der Waals surface area contributed by atoms with Gasteiger partial charge in [-0.15, -0.1) is 0 Å². The molecule has 1 aromatic heterocycles. The number of rotatable bonds is 2. The molecule has 0 bridgehead atoms. The van der Waals surface area contributed by atoms with Gasteiger partial charge in [-0.3, -0.25) is 0 Å². The molecule has 1 rings (SSSR count). The van der Waals surface area contributed by atoms with Crippen molar-refractivity contribution < 1.29 is 13.9 Å². The fourth-order valence-corrected chi connectivity index (χ4v) is 0.920. The van der Waals surface area contributed by atoms with Gasteiger partial charge in [-0.05, 0) is 13.0 Å². The van der Waals surface area contributed by atoms with E-state index in [4.69, 9.17) is 5.26 Å². The summed E-state index contributed by atoms with van der Waals surface area (Å²) < 4.78 is 17.7. The van der Waals surface area contributed by atoms with Crippen molar-refractivity contribution in [2.24, 2.45) is 0 Å². The maximum absolute atomic E-state index is 13.1. The predicted octanol–water partition coefficient (Wildman–Crippen LogP) is 1.27. The van der Waals surface area contributed by atoms with Crippen LogP contribution in [0, 0.1) is 17.1 Å². The van der Waals surface area contributed by atoms with E-state index in [1.165, 1.54) is 0 Å². The summed E-state index contributed by atoms with van der Waals surface area (Å²) in [5, 5.41) is 8.57. The highest BCUT2D eigenvalue weighted by molar-refractivity contribution is 5.91. The topological polar surface area (TPSA) is 63.0 Å². The Bertz CT molecular complexity index is 398. The summed E-state index contributed by atoms with van der Waals surface area (Å²) in [4.78, 5) is 14.8. The third-order valence-corrected chi connectivity index (χ3v) is 1.49. The van der Waals surface area contributed by atoms with Crippen LogP contribution in [0.2, 0.25) is 0 Å². The smallest absolute Gasteiger partial charge is 0.344 e. The second-order valence-corrected chi connectivity index (χ2v) is 2.35. The van der Waals surface area contributed by atoms with Crippen LogP contribution >= 0.6 is 0 Å². The number of carbonyl (C=O) groups excluding carboxylic acids is 1. The van der Waals surface area contributed by atoms with Crippen molar-refractivity contribution in [2.45, 2.75) is 6.92 Å². The van der Waals surface area contributed by atoms with Gasteiger partial charge in [0.05, 0.1) is 6.61 Å². The number of carbonyl (C=O) groups is 1. The minimum atomic E-state index is -0.866. The number of pyridine rings is 1. The highest BCUT2D eigenvalue weighted by Gasteiger charge is 2.18. The second kappa shape index (κ2) is 4.33. The largest absolute Gasteiger partial charge is 0.462 e. The minimum absolute atomic E-state index is 0.123. The molecule has 0 aliphatic heterocycles. The average Bonchev–Trinajstić information content (AvgIpc) is 2.17. The summed E-state index contributed by atoms with van der Waals surface area (Å²) in [7, 11) is 0. The van der Waals surface area contributed by atoms with Gasteiger partial charge in [0.15, 0.2) is 5.69 Å². The van der Waals surface area contributed by atoms with E-state index in [9.17, 15) is 9.18 Å². The Kier molecular flexibility index (Phi) is 3.13. The molecule has 14 heavy (non-hydrogen) atoms. The summed E-state index contributed by atoms with van der Waals surface area (Å²) >= 11 is 0. The van der Waals surface area contributed by atoms with E-state index in [2.05, 4.69) is 9.72 Å². The lowest BCUT2D eigenvalue weighted by molar-refractivity contribution is 0.0520. The molecule has 0 atom stereocenters. The molecule has 0 aliphatic carbocycles. The van der Waals surface area contributed by atoms with E-state index in [1.807, 2.05) is 0 Å². The number of nitriles is 1. The van der Waals surface area contributed by atoms with Gasteiger partial charge in [0, 0.05) is 6.20 Å². The van der Waals surface area contributed by atoms with Crippen LogP contribution in [0.3, 0.4) is 0 Å². The highest BCUT2D eigenvalue weighted by atomic mass is 19.1. The summed E-state index contributed by atoms with van der Waals surface area (Å²) in [5.41, 5.74) is -0.666. The number of esters is 1. The normalized spacial score (nSPS) is 9.21. The zero-order valence-electron chi connectivity index (χ0n) is 7.45. The third kappa shape index (κ3) is 1.85. The van der Waals surface area contributed by atoms with Crippen molar-refractivity contribution >= 4 is 5.97 Å². The van der Waals surface area contributed by atoms with Crippen LogP contribution in [0.15, 0.2) is 12.3 Å². The lowest BCUT2D eigenvalue weighted by atomic mass is 10.2. The molecular weight excluding hydrogens is 187 g/mol. The van der Waals surface area contributed by atoms with Crippen LogP contribution in [0.4, 0.5) is 4.39 Å². The Labute approximate surface area is 79.9 Å². The quantitative estimate of drug-likeness (QED) is 0.665. The Balaban J connectivity index is 3.18. The number of ether oxygens (including phenoxy) is 1. The molecule has 0 fully saturated rings. The van der Waals surface area contributed by atoms with Crippen LogP contribution in [0.25, 0.3) is 0 Å². The summed E-state index contributed by atoms with van der Waals surface area (Å²) in [6, 6.07) is 2.63. The molecule has 0 saturated heterocycles. The minimum Gasteiger partial charge on any atom is -0.462 e. The van der Waals surface area contributed by atoms with Crippen LogP contribution in [0.5, 0.6) is 0 Å². The first-order valence-electron chi connectivity index (χ1n) is 3.92.